The summed E-state index contributed by atoms with van der Waals surface area (Å²) in [5.74, 6) is 0.0647. The number of nitrogens with zero attached hydrogens (tertiary/aromatic N) is 2. The lowest BCUT2D eigenvalue weighted by atomic mass is 10.2. The average Bonchev–Trinajstić information content (AvgIpc) is 3.17. The Bertz CT molecular complexity index is 534. The molecule has 1 aromatic heterocycles. The first-order valence-electron chi connectivity index (χ1n) is 7.10. The van der Waals surface area contributed by atoms with Gasteiger partial charge in [0, 0.05) is 32.8 Å². The number of rotatable bonds is 2. The van der Waals surface area contributed by atoms with E-state index in [0.29, 0.717) is 42.0 Å². The zero-order valence-corrected chi connectivity index (χ0v) is 13.2. The normalized spacial score (nSPS) is 22.6. The summed E-state index contributed by atoms with van der Waals surface area (Å²) in [6.07, 6.45) is 1.49. The molecule has 0 aliphatic carbocycles. The van der Waals surface area contributed by atoms with Crippen LogP contribution in [0.2, 0.25) is 4.34 Å². The van der Waals surface area contributed by atoms with E-state index in [2.05, 4.69) is 0 Å². The Morgan fingerprint density at radius 1 is 1.19 bits per heavy atom. The number of thiophene rings is 1. The van der Waals surface area contributed by atoms with E-state index in [-0.39, 0.29) is 17.9 Å². The second-order valence-electron chi connectivity index (χ2n) is 5.22. The predicted molar refractivity (Wildman–Crippen MR) is 80.8 cm³/mol. The molecule has 0 saturated carbocycles. The van der Waals surface area contributed by atoms with Gasteiger partial charge in [-0.15, -0.1) is 11.3 Å². The van der Waals surface area contributed by atoms with Crippen molar-refractivity contribution in [1.82, 2.24) is 9.80 Å². The molecule has 2 aliphatic rings. The van der Waals surface area contributed by atoms with Crippen LogP contribution in [0.4, 0.5) is 0 Å². The maximum Gasteiger partial charge on any atom is 0.264 e. The molecule has 0 spiro atoms. The smallest absolute Gasteiger partial charge is 0.264 e. The summed E-state index contributed by atoms with van der Waals surface area (Å²) in [5.41, 5.74) is 0. The number of carbonyl (C=O) groups excluding carboxylic acids is 2. The van der Waals surface area contributed by atoms with Crippen LogP contribution in [0.5, 0.6) is 0 Å². The minimum atomic E-state index is -0.275. The van der Waals surface area contributed by atoms with Gasteiger partial charge in [0.15, 0.2) is 0 Å². The van der Waals surface area contributed by atoms with E-state index >= 15 is 0 Å². The molecule has 3 rings (SSSR count). The van der Waals surface area contributed by atoms with Crippen LogP contribution in [0.15, 0.2) is 12.1 Å². The SMILES string of the molecule is O=C(c1ccc(Cl)s1)N1CCN(C(=O)C2CCCO2)CC1. The van der Waals surface area contributed by atoms with Gasteiger partial charge in [-0.2, -0.15) is 0 Å². The number of hydrogen-bond donors (Lipinski definition) is 0. The number of piperazine rings is 1. The summed E-state index contributed by atoms with van der Waals surface area (Å²) < 4.78 is 6.05. The standard InChI is InChI=1S/C14H17ClN2O3S/c15-12-4-3-11(21-12)14(19)17-7-5-16(6-8-17)13(18)10-2-1-9-20-10/h3-4,10H,1-2,5-9H2. The third-order valence-corrected chi connectivity index (χ3v) is 5.09. The second-order valence-corrected chi connectivity index (χ2v) is 6.94. The highest BCUT2D eigenvalue weighted by Crippen LogP contribution is 2.23. The van der Waals surface area contributed by atoms with Gasteiger partial charge in [-0.1, -0.05) is 11.6 Å². The fraction of sp³-hybridized carbons (Fsp3) is 0.571. The van der Waals surface area contributed by atoms with E-state index in [0.717, 1.165) is 12.8 Å². The fourth-order valence-corrected chi connectivity index (χ4v) is 3.70. The first-order chi connectivity index (χ1) is 10.1. The van der Waals surface area contributed by atoms with Crippen molar-refractivity contribution in [2.24, 2.45) is 0 Å². The van der Waals surface area contributed by atoms with Gasteiger partial charge in [-0.05, 0) is 25.0 Å². The molecule has 2 saturated heterocycles. The lowest BCUT2D eigenvalue weighted by Crippen LogP contribution is -2.52. The molecule has 1 aromatic rings. The molecule has 0 bridgehead atoms. The van der Waals surface area contributed by atoms with E-state index in [4.69, 9.17) is 16.3 Å². The van der Waals surface area contributed by atoms with Crippen molar-refractivity contribution in [2.75, 3.05) is 32.8 Å². The van der Waals surface area contributed by atoms with Gasteiger partial charge < -0.3 is 14.5 Å². The summed E-state index contributed by atoms with van der Waals surface area (Å²) in [4.78, 5) is 28.8. The first-order valence-corrected chi connectivity index (χ1v) is 8.29. The number of halogens is 1. The largest absolute Gasteiger partial charge is 0.368 e. The van der Waals surface area contributed by atoms with Gasteiger partial charge in [0.2, 0.25) is 0 Å². The molecule has 2 fully saturated rings. The van der Waals surface area contributed by atoms with Crippen LogP contribution in [-0.2, 0) is 9.53 Å². The Labute approximate surface area is 132 Å². The molecule has 0 aromatic carbocycles. The number of carbonyl (C=O) groups is 2. The molecule has 3 heterocycles. The van der Waals surface area contributed by atoms with Crippen molar-refractivity contribution in [2.45, 2.75) is 18.9 Å². The van der Waals surface area contributed by atoms with Crippen molar-refractivity contribution < 1.29 is 14.3 Å². The topological polar surface area (TPSA) is 49.9 Å². The summed E-state index contributed by atoms with van der Waals surface area (Å²) >= 11 is 7.15. The molecule has 0 N–H and O–H groups in total. The van der Waals surface area contributed by atoms with Gasteiger partial charge in [0.1, 0.15) is 6.10 Å². The molecular formula is C14H17ClN2O3S. The summed E-state index contributed by atoms with van der Waals surface area (Å²) in [5, 5.41) is 0. The summed E-state index contributed by atoms with van der Waals surface area (Å²) in [6, 6.07) is 3.48. The van der Waals surface area contributed by atoms with Crippen molar-refractivity contribution in [3.8, 4) is 0 Å². The van der Waals surface area contributed by atoms with Gasteiger partial charge in [0.25, 0.3) is 11.8 Å². The first kappa shape index (κ1) is 14.8. The highest BCUT2D eigenvalue weighted by atomic mass is 35.5. The van der Waals surface area contributed by atoms with Gasteiger partial charge in [-0.25, -0.2) is 0 Å². The van der Waals surface area contributed by atoms with E-state index in [1.807, 2.05) is 0 Å². The molecule has 2 amide bonds. The second kappa shape index (κ2) is 6.34. The van der Waals surface area contributed by atoms with E-state index in [9.17, 15) is 9.59 Å². The van der Waals surface area contributed by atoms with E-state index < -0.39 is 0 Å². The summed E-state index contributed by atoms with van der Waals surface area (Å²) in [6.45, 7) is 2.95. The number of hydrogen-bond acceptors (Lipinski definition) is 4. The van der Waals surface area contributed by atoms with Gasteiger partial charge in [0.05, 0.1) is 9.21 Å². The number of ether oxygens (including phenoxy) is 1. The van der Waals surface area contributed by atoms with Crippen LogP contribution in [0.3, 0.4) is 0 Å². The van der Waals surface area contributed by atoms with E-state index in [1.165, 1.54) is 11.3 Å². The lowest BCUT2D eigenvalue weighted by Gasteiger charge is -2.35. The molecule has 1 atom stereocenters. The van der Waals surface area contributed by atoms with Gasteiger partial charge in [-0.3, -0.25) is 9.59 Å². The highest BCUT2D eigenvalue weighted by molar-refractivity contribution is 7.17. The van der Waals surface area contributed by atoms with Crippen LogP contribution in [0, 0.1) is 0 Å². The van der Waals surface area contributed by atoms with E-state index in [1.54, 1.807) is 21.9 Å². The van der Waals surface area contributed by atoms with Crippen molar-refractivity contribution in [3.05, 3.63) is 21.3 Å². The third-order valence-electron chi connectivity index (χ3n) is 3.87. The van der Waals surface area contributed by atoms with Crippen LogP contribution in [0.1, 0.15) is 22.5 Å². The molecular weight excluding hydrogens is 312 g/mol. The average molecular weight is 329 g/mol. The predicted octanol–water partition coefficient (Wildman–Crippen LogP) is 1.86. The zero-order valence-electron chi connectivity index (χ0n) is 11.6. The maximum atomic E-state index is 12.3. The Hall–Kier alpha value is -1.11. The maximum absolute atomic E-state index is 12.3. The molecule has 21 heavy (non-hydrogen) atoms. The Kier molecular flexibility index (Phi) is 4.47. The lowest BCUT2D eigenvalue weighted by molar-refractivity contribution is -0.142. The van der Waals surface area contributed by atoms with Crippen molar-refractivity contribution >= 4 is 34.8 Å². The molecule has 2 aliphatic heterocycles. The molecule has 1 unspecified atom stereocenters. The minimum absolute atomic E-state index is 0.00360. The van der Waals surface area contributed by atoms with Gasteiger partial charge >= 0.3 is 0 Å². The van der Waals surface area contributed by atoms with Crippen LogP contribution >= 0.6 is 22.9 Å². The quantitative estimate of drug-likeness (QED) is 0.832. The fourth-order valence-electron chi connectivity index (χ4n) is 2.69. The highest BCUT2D eigenvalue weighted by Gasteiger charge is 2.31. The van der Waals surface area contributed by atoms with Crippen molar-refractivity contribution in [1.29, 1.82) is 0 Å². The van der Waals surface area contributed by atoms with Crippen LogP contribution in [0.25, 0.3) is 0 Å². The van der Waals surface area contributed by atoms with Crippen LogP contribution in [-0.4, -0.2) is 60.5 Å². The molecule has 114 valence electrons. The zero-order chi connectivity index (χ0) is 14.8. The monoisotopic (exact) mass is 328 g/mol. The minimum Gasteiger partial charge on any atom is -0.368 e. The number of amides is 2. The van der Waals surface area contributed by atoms with Crippen LogP contribution < -0.4 is 0 Å². The Morgan fingerprint density at radius 3 is 2.48 bits per heavy atom. The summed E-state index contributed by atoms with van der Waals surface area (Å²) in [7, 11) is 0. The molecule has 7 heteroatoms. The third kappa shape index (κ3) is 3.22. The Morgan fingerprint density at radius 2 is 1.90 bits per heavy atom. The molecule has 0 radical (unpaired) electrons. The van der Waals surface area contributed by atoms with Crippen molar-refractivity contribution in [3.63, 3.8) is 0 Å². The molecule has 5 nitrogen and oxygen atoms in total. The Balaban J connectivity index is 1.55.